The number of fused-ring (bicyclic) bond motifs is 1. The second-order valence-corrected chi connectivity index (χ2v) is 9.23. The highest BCUT2D eigenvalue weighted by Gasteiger charge is 2.28. The Labute approximate surface area is 186 Å². The topological polar surface area (TPSA) is 49.3 Å². The molecule has 158 valence electrons. The monoisotopic (exact) mass is 442 g/mol. The number of hydrogen-bond acceptors (Lipinski definition) is 3. The Hall–Kier alpha value is -2.28. The molecule has 3 aromatic rings. The van der Waals surface area contributed by atoms with Crippen LogP contribution in [-0.4, -0.2) is 28.6 Å². The molecule has 30 heavy (non-hydrogen) atoms. The van der Waals surface area contributed by atoms with E-state index in [9.17, 15) is 4.79 Å². The number of aromatic nitrogens is 1. The fourth-order valence-electron chi connectivity index (χ4n) is 4.00. The summed E-state index contributed by atoms with van der Waals surface area (Å²) in [5.41, 5.74) is 4.31. The fourth-order valence-corrected chi connectivity index (χ4v) is 5.63. The maximum atomic E-state index is 12.8. The number of carbonyl (C=O) groups excluding carboxylic acids is 1. The van der Waals surface area contributed by atoms with Crippen molar-refractivity contribution in [3.8, 4) is 5.00 Å². The standard InChI is InChI=1S/C23H27ClN4OS/c1-4-27-12-9-18-20(14-27)30-22(28-10-5-6-11-28)21(18)16(3)25-23(29)26-19-13-17(24)8-7-15(19)2/h5-8,10-11,13,16H,4,9,12,14H2,1-3H3,(H2,25,26,29). The number of aryl methyl sites for hydroxylation is 1. The summed E-state index contributed by atoms with van der Waals surface area (Å²) < 4.78 is 2.16. The van der Waals surface area contributed by atoms with Gasteiger partial charge in [-0.1, -0.05) is 24.6 Å². The van der Waals surface area contributed by atoms with Crippen LogP contribution in [0.3, 0.4) is 0 Å². The number of rotatable bonds is 5. The summed E-state index contributed by atoms with van der Waals surface area (Å²) in [7, 11) is 0. The van der Waals surface area contributed by atoms with Crippen LogP contribution in [0.1, 0.15) is 41.5 Å². The van der Waals surface area contributed by atoms with E-state index in [0.717, 1.165) is 37.3 Å². The zero-order chi connectivity index (χ0) is 21.3. The Kier molecular flexibility index (Phi) is 6.18. The quantitative estimate of drug-likeness (QED) is 0.527. The molecule has 1 aliphatic rings. The van der Waals surface area contributed by atoms with Gasteiger partial charge in [-0.25, -0.2) is 4.79 Å². The van der Waals surface area contributed by atoms with Crippen LogP contribution in [0, 0.1) is 6.92 Å². The highest BCUT2D eigenvalue weighted by atomic mass is 35.5. The SMILES string of the molecule is CCN1CCc2c(sc(-n3cccc3)c2C(C)NC(=O)Nc2cc(Cl)ccc2C)C1. The fraction of sp³-hybridized carbons (Fsp3) is 0.348. The van der Waals surface area contributed by atoms with Gasteiger partial charge in [0, 0.05) is 46.6 Å². The van der Waals surface area contributed by atoms with E-state index in [2.05, 4.69) is 46.3 Å². The van der Waals surface area contributed by atoms with Crippen molar-refractivity contribution in [2.75, 3.05) is 18.4 Å². The molecule has 0 fully saturated rings. The first-order chi connectivity index (χ1) is 14.5. The van der Waals surface area contributed by atoms with Gasteiger partial charge in [-0.15, -0.1) is 11.3 Å². The number of thiophene rings is 1. The van der Waals surface area contributed by atoms with Gasteiger partial charge in [0.05, 0.1) is 6.04 Å². The van der Waals surface area contributed by atoms with Crippen LogP contribution in [0.4, 0.5) is 10.5 Å². The van der Waals surface area contributed by atoms with Gasteiger partial charge in [0.25, 0.3) is 0 Å². The molecule has 1 aliphatic heterocycles. The summed E-state index contributed by atoms with van der Waals surface area (Å²) in [6.07, 6.45) is 5.15. The van der Waals surface area contributed by atoms with Crippen molar-refractivity contribution in [2.45, 2.75) is 39.8 Å². The number of benzene rings is 1. The maximum Gasteiger partial charge on any atom is 0.319 e. The van der Waals surface area contributed by atoms with Gasteiger partial charge < -0.3 is 15.2 Å². The van der Waals surface area contributed by atoms with Crippen LogP contribution in [0.15, 0.2) is 42.7 Å². The van der Waals surface area contributed by atoms with Crippen LogP contribution >= 0.6 is 22.9 Å². The van der Waals surface area contributed by atoms with E-state index in [1.165, 1.54) is 21.0 Å². The molecule has 2 aromatic heterocycles. The van der Waals surface area contributed by atoms with Crippen LogP contribution < -0.4 is 10.6 Å². The van der Waals surface area contributed by atoms with Crippen molar-refractivity contribution < 1.29 is 4.79 Å². The third-order valence-corrected chi connectivity index (χ3v) is 7.15. The highest BCUT2D eigenvalue weighted by Crippen LogP contribution is 2.39. The summed E-state index contributed by atoms with van der Waals surface area (Å²) in [6, 6.07) is 9.23. The van der Waals surface area contributed by atoms with Crippen LogP contribution in [0.5, 0.6) is 0 Å². The number of amides is 2. The Bertz CT molecular complexity index is 1040. The van der Waals surface area contributed by atoms with Crippen molar-refractivity contribution in [3.63, 3.8) is 0 Å². The van der Waals surface area contributed by atoms with E-state index in [4.69, 9.17) is 11.6 Å². The Morgan fingerprint density at radius 2 is 2.07 bits per heavy atom. The Morgan fingerprint density at radius 1 is 1.30 bits per heavy atom. The van der Waals surface area contributed by atoms with Gasteiger partial charge in [-0.05, 0) is 62.2 Å². The number of carbonyl (C=O) groups is 1. The minimum Gasteiger partial charge on any atom is -0.331 e. The summed E-state index contributed by atoms with van der Waals surface area (Å²) in [6.45, 7) is 9.31. The molecular weight excluding hydrogens is 416 g/mol. The van der Waals surface area contributed by atoms with Gasteiger partial charge in [-0.3, -0.25) is 4.90 Å². The molecule has 0 spiro atoms. The predicted octanol–water partition coefficient (Wildman–Crippen LogP) is 5.76. The van der Waals surface area contributed by atoms with Gasteiger partial charge in [-0.2, -0.15) is 0 Å². The molecule has 0 saturated heterocycles. The molecule has 0 saturated carbocycles. The molecule has 2 N–H and O–H groups in total. The van der Waals surface area contributed by atoms with E-state index in [1.54, 1.807) is 6.07 Å². The van der Waals surface area contributed by atoms with Gasteiger partial charge in [0.1, 0.15) is 5.00 Å². The van der Waals surface area contributed by atoms with Gasteiger partial charge in [0.2, 0.25) is 0 Å². The van der Waals surface area contributed by atoms with Crippen molar-refractivity contribution >= 4 is 34.7 Å². The molecule has 7 heteroatoms. The van der Waals surface area contributed by atoms with E-state index in [1.807, 2.05) is 42.5 Å². The van der Waals surface area contributed by atoms with E-state index >= 15 is 0 Å². The summed E-state index contributed by atoms with van der Waals surface area (Å²) in [4.78, 5) is 16.6. The smallest absolute Gasteiger partial charge is 0.319 e. The molecule has 4 rings (SSSR count). The van der Waals surface area contributed by atoms with Crippen molar-refractivity contribution in [2.24, 2.45) is 0 Å². The molecular formula is C23H27ClN4OS. The lowest BCUT2D eigenvalue weighted by molar-refractivity contribution is 0.249. The number of urea groups is 1. The molecule has 5 nitrogen and oxygen atoms in total. The third-order valence-electron chi connectivity index (χ3n) is 5.67. The molecule has 1 aromatic carbocycles. The molecule has 1 unspecified atom stereocenters. The normalized spacial score (nSPS) is 14.9. The van der Waals surface area contributed by atoms with Crippen molar-refractivity contribution in [1.82, 2.24) is 14.8 Å². The Balaban J connectivity index is 1.60. The number of nitrogens with zero attached hydrogens (tertiary/aromatic N) is 2. The first kappa shape index (κ1) is 21.0. The summed E-state index contributed by atoms with van der Waals surface area (Å²) in [5, 5.41) is 7.88. The number of anilines is 1. The van der Waals surface area contributed by atoms with E-state index in [-0.39, 0.29) is 12.1 Å². The molecule has 1 atom stereocenters. The average molecular weight is 443 g/mol. The third kappa shape index (κ3) is 4.26. The van der Waals surface area contributed by atoms with Gasteiger partial charge in [0.15, 0.2) is 0 Å². The van der Waals surface area contributed by atoms with Crippen LogP contribution in [0.2, 0.25) is 5.02 Å². The minimum atomic E-state index is -0.225. The van der Waals surface area contributed by atoms with Crippen LogP contribution in [-0.2, 0) is 13.0 Å². The number of likely N-dealkylation sites (N-methyl/N-ethyl adjacent to an activating group) is 1. The molecule has 0 bridgehead atoms. The molecule has 3 heterocycles. The van der Waals surface area contributed by atoms with E-state index < -0.39 is 0 Å². The summed E-state index contributed by atoms with van der Waals surface area (Å²) in [5.74, 6) is 0. The van der Waals surface area contributed by atoms with Crippen molar-refractivity contribution in [1.29, 1.82) is 0 Å². The van der Waals surface area contributed by atoms with Crippen molar-refractivity contribution in [3.05, 3.63) is 69.3 Å². The Morgan fingerprint density at radius 3 is 2.80 bits per heavy atom. The average Bonchev–Trinajstić information content (AvgIpc) is 3.37. The van der Waals surface area contributed by atoms with Crippen LogP contribution in [0.25, 0.3) is 5.00 Å². The lowest BCUT2D eigenvalue weighted by Crippen LogP contribution is -2.33. The van der Waals surface area contributed by atoms with E-state index in [0.29, 0.717) is 5.02 Å². The lowest BCUT2D eigenvalue weighted by atomic mass is 9.98. The summed E-state index contributed by atoms with van der Waals surface area (Å²) >= 11 is 7.93. The second kappa shape index (κ2) is 8.84. The lowest BCUT2D eigenvalue weighted by Gasteiger charge is -2.26. The van der Waals surface area contributed by atoms with Gasteiger partial charge >= 0.3 is 6.03 Å². The number of hydrogen-bond donors (Lipinski definition) is 2. The first-order valence-electron chi connectivity index (χ1n) is 10.3. The first-order valence-corrected chi connectivity index (χ1v) is 11.5. The second-order valence-electron chi connectivity index (χ2n) is 7.71. The largest absolute Gasteiger partial charge is 0.331 e. The highest BCUT2D eigenvalue weighted by molar-refractivity contribution is 7.15. The zero-order valence-corrected chi connectivity index (χ0v) is 19.1. The minimum absolute atomic E-state index is 0.116. The zero-order valence-electron chi connectivity index (χ0n) is 17.5. The molecule has 0 aliphatic carbocycles. The number of halogens is 1. The molecule has 0 radical (unpaired) electrons. The maximum absolute atomic E-state index is 12.8. The molecule has 2 amide bonds. The predicted molar refractivity (Wildman–Crippen MR) is 125 cm³/mol. The number of nitrogens with one attached hydrogen (secondary N) is 2.